The van der Waals surface area contributed by atoms with E-state index in [9.17, 15) is 25.0 Å². The second-order valence-electron chi connectivity index (χ2n) is 6.25. The van der Waals surface area contributed by atoms with E-state index in [-0.39, 0.29) is 29.7 Å². The monoisotopic (exact) mass is 439 g/mol. The Labute approximate surface area is 178 Å². The molecule has 0 unspecified atom stereocenters. The van der Waals surface area contributed by atoms with Gasteiger partial charge in [0.05, 0.1) is 9.85 Å². The molecule has 2 heterocycles. The molecule has 1 aliphatic rings. The largest absolute Gasteiger partial charge is 0.454 e. The quantitative estimate of drug-likeness (QED) is 0.363. The molecule has 0 atom stereocenters. The minimum atomic E-state index is -0.713. The minimum absolute atomic E-state index is 0.0783. The molecule has 162 valence electrons. The number of aromatic nitrogens is 2. The molecule has 0 bridgehead atoms. The standard InChI is InChI=1S/C18H13N7O7/c26-18(10-1-4-12(5-2-10)24(27)28)23-22-17-15(25(29)30)16(19-8-20-17)21-11-3-6-13-14(7-11)32-9-31-13/h1-8H,9H2,(H,23,26)(H2,19,20,21,22). The lowest BCUT2D eigenvalue weighted by molar-refractivity contribution is -0.384. The Morgan fingerprint density at radius 2 is 1.66 bits per heavy atom. The number of carbonyl (C=O) groups excluding carboxylic acids is 1. The number of rotatable bonds is 7. The number of ether oxygens (including phenoxy) is 2. The molecule has 1 aromatic heterocycles. The Morgan fingerprint density at radius 3 is 2.38 bits per heavy atom. The summed E-state index contributed by atoms with van der Waals surface area (Å²) in [5, 5.41) is 25.2. The lowest BCUT2D eigenvalue weighted by atomic mass is 10.2. The van der Waals surface area contributed by atoms with Gasteiger partial charge in [0.1, 0.15) is 6.33 Å². The van der Waals surface area contributed by atoms with Crippen molar-refractivity contribution in [3.8, 4) is 11.5 Å². The van der Waals surface area contributed by atoms with Gasteiger partial charge in [0.15, 0.2) is 11.5 Å². The predicted octanol–water partition coefficient (Wildman–Crippen LogP) is 2.52. The summed E-state index contributed by atoms with van der Waals surface area (Å²) in [6, 6.07) is 9.68. The van der Waals surface area contributed by atoms with Crippen molar-refractivity contribution in [3.05, 3.63) is 74.6 Å². The van der Waals surface area contributed by atoms with Crippen LogP contribution in [0.4, 0.5) is 28.7 Å². The van der Waals surface area contributed by atoms with E-state index >= 15 is 0 Å². The van der Waals surface area contributed by atoms with Gasteiger partial charge < -0.3 is 14.8 Å². The van der Waals surface area contributed by atoms with Crippen LogP contribution in [0.25, 0.3) is 0 Å². The molecule has 14 heteroatoms. The third-order valence-electron chi connectivity index (χ3n) is 4.27. The predicted molar refractivity (Wildman–Crippen MR) is 109 cm³/mol. The highest BCUT2D eigenvalue weighted by atomic mass is 16.7. The fourth-order valence-corrected chi connectivity index (χ4v) is 2.77. The number of hydrogen-bond donors (Lipinski definition) is 3. The Hall–Kier alpha value is -5.01. The van der Waals surface area contributed by atoms with Gasteiger partial charge >= 0.3 is 5.69 Å². The van der Waals surface area contributed by atoms with Gasteiger partial charge in [-0.3, -0.25) is 35.9 Å². The molecule has 0 saturated heterocycles. The Balaban J connectivity index is 1.52. The zero-order valence-electron chi connectivity index (χ0n) is 16.0. The van der Waals surface area contributed by atoms with E-state index < -0.39 is 21.4 Å². The van der Waals surface area contributed by atoms with E-state index in [0.717, 1.165) is 18.5 Å². The number of amides is 1. The van der Waals surface area contributed by atoms with Gasteiger partial charge in [0.25, 0.3) is 11.6 Å². The first kappa shape index (κ1) is 20.3. The minimum Gasteiger partial charge on any atom is -0.454 e. The van der Waals surface area contributed by atoms with Crippen molar-refractivity contribution in [1.82, 2.24) is 15.4 Å². The van der Waals surface area contributed by atoms with Crippen molar-refractivity contribution in [2.75, 3.05) is 17.5 Å². The van der Waals surface area contributed by atoms with Crippen LogP contribution >= 0.6 is 0 Å². The van der Waals surface area contributed by atoms with Crippen LogP contribution in [0.1, 0.15) is 10.4 Å². The maximum absolute atomic E-state index is 12.3. The summed E-state index contributed by atoms with van der Waals surface area (Å²) in [5.41, 5.74) is 4.51. The van der Waals surface area contributed by atoms with Crippen LogP contribution in [0.2, 0.25) is 0 Å². The van der Waals surface area contributed by atoms with E-state index in [0.29, 0.717) is 17.2 Å². The highest BCUT2D eigenvalue weighted by molar-refractivity contribution is 5.95. The van der Waals surface area contributed by atoms with Crippen LogP contribution in [0.5, 0.6) is 11.5 Å². The van der Waals surface area contributed by atoms with Crippen LogP contribution in [0, 0.1) is 20.2 Å². The number of fused-ring (bicyclic) bond motifs is 1. The summed E-state index contributed by atoms with van der Waals surface area (Å²) >= 11 is 0. The van der Waals surface area contributed by atoms with Crippen LogP contribution in [0.3, 0.4) is 0 Å². The second-order valence-corrected chi connectivity index (χ2v) is 6.25. The lowest BCUT2D eigenvalue weighted by Crippen LogP contribution is -2.30. The number of non-ortho nitro benzene ring substituents is 1. The van der Waals surface area contributed by atoms with Crippen molar-refractivity contribution in [2.45, 2.75) is 0 Å². The number of hydrazine groups is 1. The lowest BCUT2D eigenvalue weighted by Gasteiger charge is -2.11. The normalized spacial score (nSPS) is 11.5. The van der Waals surface area contributed by atoms with Crippen molar-refractivity contribution < 1.29 is 24.1 Å². The van der Waals surface area contributed by atoms with E-state index in [1.807, 2.05) is 0 Å². The second kappa shape index (κ2) is 8.39. The van der Waals surface area contributed by atoms with Crippen molar-refractivity contribution in [1.29, 1.82) is 0 Å². The van der Waals surface area contributed by atoms with Crippen LogP contribution in [0.15, 0.2) is 48.8 Å². The van der Waals surface area contributed by atoms with Gasteiger partial charge in [0, 0.05) is 29.4 Å². The van der Waals surface area contributed by atoms with Gasteiger partial charge in [-0.15, -0.1) is 0 Å². The first-order valence-electron chi connectivity index (χ1n) is 8.89. The molecular weight excluding hydrogens is 426 g/mol. The number of benzene rings is 2. The molecule has 0 radical (unpaired) electrons. The van der Waals surface area contributed by atoms with Gasteiger partial charge in [0.2, 0.25) is 18.4 Å². The Morgan fingerprint density at radius 1 is 0.938 bits per heavy atom. The first-order chi connectivity index (χ1) is 15.4. The van der Waals surface area contributed by atoms with Crippen molar-refractivity contribution in [2.24, 2.45) is 0 Å². The van der Waals surface area contributed by atoms with E-state index in [2.05, 4.69) is 26.1 Å². The molecule has 3 aromatic rings. The molecule has 0 fully saturated rings. The van der Waals surface area contributed by atoms with Gasteiger partial charge in [-0.2, -0.15) is 0 Å². The SMILES string of the molecule is O=C(NNc1ncnc(Nc2ccc3c(c2)OCO3)c1[N+](=O)[O-])c1ccc([N+](=O)[O-])cc1. The summed E-state index contributed by atoms with van der Waals surface area (Å²) in [7, 11) is 0. The molecule has 0 aliphatic carbocycles. The maximum atomic E-state index is 12.3. The third kappa shape index (κ3) is 4.13. The van der Waals surface area contributed by atoms with Crippen LogP contribution < -0.4 is 25.6 Å². The molecule has 1 amide bonds. The summed E-state index contributed by atoms with van der Waals surface area (Å²) in [4.78, 5) is 41.0. The smallest absolute Gasteiger partial charge is 0.355 e. The molecular formula is C18H13N7O7. The number of nitro benzene ring substituents is 1. The molecule has 3 N–H and O–H groups in total. The Kier molecular flexibility index (Phi) is 5.31. The van der Waals surface area contributed by atoms with Gasteiger partial charge in [-0.1, -0.05) is 0 Å². The average Bonchev–Trinajstić information content (AvgIpc) is 3.25. The number of carbonyl (C=O) groups is 1. The number of hydrogen-bond acceptors (Lipinski definition) is 11. The molecule has 0 spiro atoms. The highest BCUT2D eigenvalue weighted by Crippen LogP contribution is 2.37. The Bertz CT molecular complexity index is 1220. The fraction of sp³-hybridized carbons (Fsp3) is 0.0556. The number of nitrogens with one attached hydrogen (secondary N) is 3. The number of anilines is 3. The first-order valence-corrected chi connectivity index (χ1v) is 8.89. The van der Waals surface area contributed by atoms with E-state index in [1.54, 1.807) is 18.2 Å². The molecule has 1 aliphatic heterocycles. The number of nitrogens with zero attached hydrogens (tertiary/aromatic N) is 4. The molecule has 4 rings (SSSR count). The summed E-state index contributed by atoms with van der Waals surface area (Å²) in [6.07, 6.45) is 1.07. The van der Waals surface area contributed by atoms with Crippen LogP contribution in [-0.2, 0) is 0 Å². The van der Waals surface area contributed by atoms with E-state index in [4.69, 9.17) is 9.47 Å². The molecule has 2 aromatic carbocycles. The van der Waals surface area contributed by atoms with Gasteiger partial charge in [-0.05, 0) is 24.3 Å². The summed E-state index contributed by atoms with van der Waals surface area (Å²) in [5.74, 6) is -0.0676. The maximum Gasteiger partial charge on any atom is 0.355 e. The zero-order chi connectivity index (χ0) is 22.7. The topological polar surface area (TPSA) is 184 Å². The van der Waals surface area contributed by atoms with Gasteiger partial charge in [-0.25, -0.2) is 9.97 Å². The third-order valence-corrected chi connectivity index (χ3v) is 4.27. The molecule has 14 nitrogen and oxygen atoms in total. The highest BCUT2D eigenvalue weighted by Gasteiger charge is 2.24. The number of nitro groups is 2. The van der Waals surface area contributed by atoms with Crippen molar-refractivity contribution >= 4 is 34.6 Å². The van der Waals surface area contributed by atoms with Crippen LogP contribution in [-0.4, -0.2) is 32.5 Å². The van der Waals surface area contributed by atoms with E-state index in [1.165, 1.54) is 12.1 Å². The van der Waals surface area contributed by atoms with Crippen molar-refractivity contribution in [3.63, 3.8) is 0 Å². The molecule has 0 saturated carbocycles. The summed E-state index contributed by atoms with van der Waals surface area (Å²) < 4.78 is 10.5. The summed E-state index contributed by atoms with van der Waals surface area (Å²) in [6.45, 7) is 0.0783. The average molecular weight is 439 g/mol. The fourth-order valence-electron chi connectivity index (χ4n) is 2.77. The zero-order valence-corrected chi connectivity index (χ0v) is 16.0. The molecule has 32 heavy (non-hydrogen) atoms.